The van der Waals surface area contributed by atoms with Crippen LogP contribution in [0.5, 0.6) is 0 Å². The SMILES string of the molecule is C[Si](C)(C)c1ccc(C23CC4CC(CC(C4)C2CP)C3)c(C(P)(C2CNCCN2)C2CNCCN2)c1. The van der Waals surface area contributed by atoms with Gasteiger partial charge in [-0.1, -0.05) is 43.0 Å². The van der Waals surface area contributed by atoms with E-state index >= 15 is 0 Å². The molecule has 4 nitrogen and oxygen atoms in total. The summed E-state index contributed by atoms with van der Waals surface area (Å²) < 4.78 is 0. The maximum atomic E-state index is 4.00. The molecular formula is C29H50N4P2Si. The fourth-order valence-corrected chi connectivity index (χ4v) is 12.1. The highest BCUT2D eigenvalue weighted by Gasteiger charge is 2.59. The van der Waals surface area contributed by atoms with Crippen LogP contribution < -0.4 is 26.5 Å². The number of hydrogen-bond donors (Lipinski definition) is 4. The van der Waals surface area contributed by atoms with E-state index in [0.717, 1.165) is 62.9 Å². The minimum atomic E-state index is -1.46. The van der Waals surface area contributed by atoms with Gasteiger partial charge in [-0.3, -0.25) is 0 Å². The third-order valence-corrected chi connectivity index (χ3v) is 14.6. The molecule has 1 aromatic carbocycles. The van der Waals surface area contributed by atoms with Crippen LogP contribution in [0.15, 0.2) is 18.2 Å². The van der Waals surface area contributed by atoms with Crippen molar-refractivity contribution in [2.24, 2.45) is 23.7 Å². The Morgan fingerprint density at radius 1 is 0.917 bits per heavy atom. The molecule has 6 fully saturated rings. The zero-order valence-electron chi connectivity index (χ0n) is 22.8. The van der Waals surface area contributed by atoms with Crippen LogP contribution in [0.25, 0.3) is 0 Å². The van der Waals surface area contributed by atoms with Crippen LogP contribution in [0.1, 0.15) is 43.2 Å². The minimum absolute atomic E-state index is 0.0550. The molecule has 4 saturated carbocycles. The molecule has 2 heterocycles. The summed E-state index contributed by atoms with van der Waals surface area (Å²) in [5.74, 6) is 3.64. The number of rotatable bonds is 6. The average Bonchev–Trinajstić information content (AvgIpc) is 2.88. The molecule has 7 heteroatoms. The molecule has 0 radical (unpaired) electrons. The van der Waals surface area contributed by atoms with Crippen LogP contribution in [0.4, 0.5) is 0 Å². The van der Waals surface area contributed by atoms with Gasteiger partial charge in [0, 0.05) is 56.5 Å². The summed E-state index contributed by atoms with van der Waals surface area (Å²) in [6.07, 6.45) is 8.59. The Labute approximate surface area is 225 Å². The summed E-state index contributed by atoms with van der Waals surface area (Å²) in [6.45, 7) is 13.9. The lowest BCUT2D eigenvalue weighted by atomic mass is 9.43. The van der Waals surface area contributed by atoms with Gasteiger partial charge in [-0.2, -0.15) is 0 Å². The quantitative estimate of drug-likeness (QED) is 0.329. The molecule has 200 valence electrons. The lowest BCUT2D eigenvalue weighted by molar-refractivity contribution is -0.0525. The number of benzene rings is 1. The highest BCUT2D eigenvalue weighted by molar-refractivity contribution is 7.18. The molecule has 2 saturated heterocycles. The first-order valence-electron chi connectivity index (χ1n) is 14.8. The third kappa shape index (κ3) is 4.32. The molecule has 7 unspecified atom stereocenters. The van der Waals surface area contributed by atoms with Gasteiger partial charge in [-0.15, -0.1) is 18.5 Å². The van der Waals surface area contributed by atoms with Crippen molar-refractivity contribution in [3.8, 4) is 0 Å². The van der Waals surface area contributed by atoms with Crippen LogP contribution in [0.2, 0.25) is 19.6 Å². The predicted molar refractivity (Wildman–Crippen MR) is 163 cm³/mol. The standard InChI is InChI=1S/C29H50N4P2Si/c1-36(2,3)22-4-5-23(28-14-19-10-20(15-28)12-21(11-19)25(28)18-34)24(13-22)29(35,26-16-30-6-8-32-26)27-17-31-7-9-33-27/h4-5,13,19-21,25-27,30-33H,6-12,14-18,34-35H2,1-3H3. The van der Waals surface area contributed by atoms with Crippen LogP contribution >= 0.6 is 18.5 Å². The van der Waals surface area contributed by atoms with Gasteiger partial charge < -0.3 is 21.3 Å². The monoisotopic (exact) mass is 544 g/mol. The first kappa shape index (κ1) is 26.4. The lowest BCUT2D eigenvalue weighted by Gasteiger charge is -2.63. The largest absolute Gasteiger partial charge is 0.314 e. The van der Waals surface area contributed by atoms with Gasteiger partial charge in [-0.05, 0) is 78.5 Å². The van der Waals surface area contributed by atoms with Gasteiger partial charge in [0.15, 0.2) is 0 Å². The van der Waals surface area contributed by atoms with Crippen LogP contribution in [-0.4, -0.2) is 65.6 Å². The second-order valence-corrected chi connectivity index (χ2v) is 20.5. The van der Waals surface area contributed by atoms with Crippen molar-refractivity contribution in [3.63, 3.8) is 0 Å². The Balaban J connectivity index is 1.55. The van der Waals surface area contributed by atoms with E-state index in [4.69, 9.17) is 0 Å². The summed E-state index contributed by atoms with van der Waals surface area (Å²) >= 11 is 0. The van der Waals surface area contributed by atoms with Crippen LogP contribution in [0.3, 0.4) is 0 Å². The lowest BCUT2D eigenvalue weighted by Crippen LogP contribution is -2.67. The molecule has 36 heavy (non-hydrogen) atoms. The van der Waals surface area contributed by atoms with E-state index in [0.29, 0.717) is 17.5 Å². The van der Waals surface area contributed by atoms with Crippen LogP contribution in [0, 0.1) is 23.7 Å². The van der Waals surface area contributed by atoms with Gasteiger partial charge in [0.2, 0.25) is 0 Å². The molecule has 4 bridgehead atoms. The maximum Gasteiger partial charge on any atom is 0.0776 e. The molecule has 4 aliphatic carbocycles. The van der Waals surface area contributed by atoms with Crippen molar-refractivity contribution in [1.82, 2.24) is 21.3 Å². The molecule has 2 aliphatic heterocycles. The van der Waals surface area contributed by atoms with E-state index in [2.05, 4.69) is 77.6 Å². The smallest absolute Gasteiger partial charge is 0.0776 e. The molecule has 7 rings (SSSR count). The molecule has 7 atom stereocenters. The Kier molecular flexibility index (Phi) is 7.29. The first-order valence-corrected chi connectivity index (χ1v) is 19.7. The van der Waals surface area contributed by atoms with Gasteiger partial charge in [0.25, 0.3) is 0 Å². The van der Waals surface area contributed by atoms with E-state index < -0.39 is 8.07 Å². The topological polar surface area (TPSA) is 48.1 Å². The van der Waals surface area contributed by atoms with Gasteiger partial charge in [0.1, 0.15) is 0 Å². The minimum Gasteiger partial charge on any atom is -0.314 e. The second-order valence-electron chi connectivity index (χ2n) is 14.0. The maximum absolute atomic E-state index is 4.00. The van der Waals surface area contributed by atoms with Crippen molar-refractivity contribution >= 4 is 31.7 Å². The summed E-state index contributed by atoms with van der Waals surface area (Å²) in [4.78, 5) is 0. The van der Waals surface area contributed by atoms with Crippen LogP contribution in [-0.2, 0) is 10.6 Å². The van der Waals surface area contributed by atoms with Crippen molar-refractivity contribution in [1.29, 1.82) is 0 Å². The van der Waals surface area contributed by atoms with Gasteiger partial charge in [-0.25, -0.2) is 0 Å². The summed E-state index contributed by atoms with van der Waals surface area (Å²) in [6, 6.07) is 8.74. The fraction of sp³-hybridized carbons (Fsp3) is 0.793. The highest BCUT2D eigenvalue weighted by Crippen LogP contribution is 2.65. The summed E-state index contributed by atoms with van der Waals surface area (Å²) in [5, 5.41) is 17.1. The number of hydrogen-bond acceptors (Lipinski definition) is 4. The van der Waals surface area contributed by atoms with Crippen molar-refractivity contribution < 1.29 is 0 Å². The molecular weight excluding hydrogens is 494 g/mol. The zero-order chi connectivity index (χ0) is 25.1. The fourth-order valence-electron chi connectivity index (χ4n) is 9.39. The molecule has 0 aromatic heterocycles. The Morgan fingerprint density at radius 2 is 1.53 bits per heavy atom. The van der Waals surface area contributed by atoms with Gasteiger partial charge in [0.05, 0.1) is 8.07 Å². The van der Waals surface area contributed by atoms with E-state index in [1.165, 1.54) is 38.3 Å². The van der Waals surface area contributed by atoms with Gasteiger partial charge >= 0.3 is 0 Å². The number of piperazine rings is 2. The number of nitrogens with one attached hydrogen (secondary N) is 4. The highest BCUT2D eigenvalue weighted by atomic mass is 31.0. The predicted octanol–water partition coefficient (Wildman–Crippen LogP) is 2.99. The summed E-state index contributed by atoms with van der Waals surface area (Å²) in [5.41, 5.74) is 3.74. The molecule has 1 aromatic rings. The Morgan fingerprint density at radius 3 is 2.03 bits per heavy atom. The van der Waals surface area contributed by atoms with E-state index in [9.17, 15) is 0 Å². The summed E-state index contributed by atoms with van der Waals surface area (Å²) in [7, 11) is 5.23. The molecule has 0 spiro atoms. The Bertz CT molecular complexity index is 921. The van der Waals surface area contributed by atoms with E-state index in [1.807, 2.05) is 0 Å². The molecule has 4 N–H and O–H groups in total. The average molecular weight is 545 g/mol. The molecule has 6 aliphatic rings. The van der Waals surface area contributed by atoms with Crippen molar-refractivity contribution in [3.05, 3.63) is 29.3 Å². The zero-order valence-corrected chi connectivity index (χ0v) is 26.1. The Hall–Kier alpha value is 0.137. The van der Waals surface area contributed by atoms with Crippen molar-refractivity contribution in [2.75, 3.05) is 45.4 Å². The second kappa shape index (κ2) is 9.95. The third-order valence-electron chi connectivity index (χ3n) is 10.9. The normalized spacial score (nSPS) is 40.2. The first-order chi connectivity index (χ1) is 17.3. The van der Waals surface area contributed by atoms with E-state index in [1.54, 1.807) is 16.3 Å². The molecule has 0 amide bonds. The van der Waals surface area contributed by atoms with E-state index in [-0.39, 0.29) is 5.16 Å². The van der Waals surface area contributed by atoms with Crippen molar-refractivity contribution in [2.45, 2.75) is 74.4 Å².